The van der Waals surface area contributed by atoms with Crippen molar-refractivity contribution in [1.82, 2.24) is 14.7 Å². The number of rotatable bonds is 5. The van der Waals surface area contributed by atoms with Gasteiger partial charge in [-0.3, -0.25) is 4.79 Å². The Morgan fingerprint density at radius 1 is 1.04 bits per heavy atom. The van der Waals surface area contributed by atoms with Crippen LogP contribution in [0.25, 0.3) is 11.0 Å². The van der Waals surface area contributed by atoms with E-state index in [4.69, 9.17) is 4.74 Å². The fraction of sp³-hybridized carbons (Fsp3) is 0.0952. The van der Waals surface area contributed by atoms with Gasteiger partial charge in [0, 0.05) is 12.6 Å². The summed E-state index contributed by atoms with van der Waals surface area (Å²) in [7, 11) is 0. The highest BCUT2D eigenvalue weighted by Gasteiger charge is 2.12. The van der Waals surface area contributed by atoms with Crippen molar-refractivity contribution in [3.8, 4) is 11.5 Å². The number of ether oxygens (including phenoxy) is 1. The van der Waals surface area contributed by atoms with Crippen molar-refractivity contribution < 1.29 is 9.94 Å². The minimum atomic E-state index is -0.556. The number of para-hydroxylation sites is 1. The minimum absolute atomic E-state index is 0.175. The first-order chi connectivity index (χ1) is 13.6. The van der Waals surface area contributed by atoms with Gasteiger partial charge >= 0.3 is 0 Å². The molecule has 2 aromatic heterocycles. The highest BCUT2D eigenvalue weighted by atomic mass is 16.5. The van der Waals surface area contributed by atoms with Crippen LogP contribution in [0.4, 0.5) is 5.69 Å². The molecule has 0 saturated heterocycles. The van der Waals surface area contributed by atoms with Gasteiger partial charge in [-0.05, 0) is 36.8 Å². The molecule has 0 aliphatic heterocycles. The van der Waals surface area contributed by atoms with Crippen LogP contribution in [-0.4, -0.2) is 19.9 Å². The third-order valence-corrected chi connectivity index (χ3v) is 4.35. The predicted molar refractivity (Wildman–Crippen MR) is 106 cm³/mol. The number of aromatic nitrogens is 3. The van der Waals surface area contributed by atoms with Crippen LogP contribution in [0.1, 0.15) is 11.3 Å². The van der Waals surface area contributed by atoms with Crippen LogP contribution in [0.5, 0.6) is 11.5 Å². The Bertz CT molecular complexity index is 1170. The topological polar surface area (TPSA) is 89.3 Å². The smallest absolute Gasteiger partial charge is 0.286 e. The molecule has 7 heteroatoms. The van der Waals surface area contributed by atoms with Crippen LogP contribution in [0, 0.1) is 6.92 Å². The van der Waals surface area contributed by atoms with Gasteiger partial charge in [0.1, 0.15) is 17.8 Å². The van der Waals surface area contributed by atoms with Crippen molar-refractivity contribution in [2.45, 2.75) is 13.5 Å². The van der Waals surface area contributed by atoms with E-state index in [1.807, 2.05) is 54.6 Å². The lowest BCUT2D eigenvalue weighted by Gasteiger charge is -2.12. The summed E-state index contributed by atoms with van der Waals surface area (Å²) in [6.07, 6.45) is 1.32. The Kier molecular flexibility index (Phi) is 4.63. The van der Waals surface area contributed by atoms with Crippen LogP contribution in [0.15, 0.2) is 71.8 Å². The van der Waals surface area contributed by atoms with Crippen molar-refractivity contribution >= 4 is 16.7 Å². The van der Waals surface area contributed by atoms with E-state index in [0.717, 1.165) is 17.1 Å². The minimum Gasteiger partial charge on any atom is -0.457 e. The number of nitrogens with one attached hydrogen (secondary N) is 1. The summed E-state index contributed by atoms with van der Waals surface area (Å²) in [6.45, 7) is 2.29. The summed E-state index contributed by atoms with van der Waals surface area (Å²) >= 11 is 0. The summed E-state index contributed by atoms with van der Waals surface area (Å²) < 4.78 is 6.32. The molecule has 0 saturated carbocycles. The van der Waals surface area contributed by atoms with E-state index >= 15 is 0 Å². The van der Waals surface area contributed by atoms with E-state index in [2.05, 4.69) is 15.3 Å². The molecule has 0 radical (unpaired) electrons. The average molecular weight is 374 g/mol. The van der Waals surface area contributed by atoms with E-state index in [1.54, 1.807) is 6.92 Å². The van der Waals surface area contributed by atoms with Crippen molar-refractivity contribution in [3.63, 3.8) is 0 Å². The molecule has 2 heterocycles. The lowest BCUT2D eigenvalue weighted by atomic mass is 10.2. The lowest BCUT2D eigenvalue weighted by Crippen LogP contribution is -2.20. The highest BCUT2D eigenvalue weighted by Crippen LogP contribution is 2.24. The Morgan fingerprint density at radius 2 is 1.75 bits per heavy atom. The quantitative estimate of drug-likeness (QED) is 0.517. The first kappa shape index (κ1) is 17.5. The SMILES string of the molecule is Cc1ncnc2c1c(NCc1ccc(Oc3ccccc3)cc1)cc(=O)n2O. The maximum Gasteiger partial charge on any atom is 0.286 e. The second-order valence-electron chi connectivity index (χ2n) is 6.28. The number of hydrogen-bond donors (Lipinski definition) is 2. The van der Waals surface area contributed by atoms with Crippen molar-refractivity contribution in [2.24, 2.45) is 0 Å². The summed E-state index contributed by atoms with van der Waals surface area (Å²) in [4.78, 5) is 20.2. The Balaban J connectivity index is 1.54. The highest BCUT2D eigenvalue weighted by molar-refractivity contribution is 5.90. The number of nitrogens with zero attached hydrogens (tertiary/aromatic N) is 3. The van der Waals surface area contributed by atoms with Crippen LogP contribution in [0.3, 0.4) is 0 Å². The molecule has 0 aliphatic carbocycles. The van der Waals surface area contributed by atoms with Gasteiger partial charge in [0.05, 0.1) is 16.8 Å². The lowest BCUT2D eigenvalue weighted by molar-refractivity contribution is 0.186. The Hall–Kier alpha value is -3.87. The van der Waals surface area contributed by atoms with Gasteiger partial charge in [0.25, 0.3) is 5.56 Å². The third kappa shape index (κ3) is 3.50. The first-order valence-corrected chi connectivity index (χ1v) is 8.74. The van der Waals surface area contributed by atoms with Crippen LogP contribution in [0.2, 0.25) is 0 Å². The van der Waals surface area contributed by atoms with E-state index in [1.165, 1.54) is 12.4 Å². The van der Waals surface area contributed by atoms with Gasteiger partial charge in [-0.1, -0.05) is 30.3 Å². The molecule has 4 aromatic rings. The number of aryl methyl sites for hydroxylation is 1. The molecule has 140 valence electrons. The molecule has 0 amide bonds. The van der Waals surface area contributed by atoms with Crippen LogP contribution >= 0.6 is 0 Å². The molecule has 0 aliphatic rings. The van der Waals surface area contributed by atoms with E-state index in [9.17, 15) is 10.0 Å². The molecule has 2 N–H and O–H groups in total. The molecule has 0 atom stereocenters. The second kappa shape index (κ2) is 7.40. The maximum atomic E-state index is 12.0. The van der Waals surface area contributed by atoms with Crippen LogP contribution < -0.4 is 15.6 Å². The molecule has 7 nitrogen and oxygen atoms in total. The molecule has 28 heavy (non-hydrogen) atoms. The molecular weight excluding hydrogens is 356 g/mol. The largest absolute Gasteiger partial charge is 0.457 e. The number of benzene rings is 2. The Morgan fingerprint density at radius 3 is 2.50 bits per heavy atom. The zero-order valence-corrected chi connectivity index (χ0v) is 15.2. The third-order valence-electron chi connectivity index (χ3n) is 4.35. The van der Waals surface area contributed by atoms with Gasteiger partial charge in [0.2, 0.25) is 0 Å². The molecule has 4 rings (SSSR count). The summed E-state index contributed by atoms with van der Waals surface area (Å²) in [5, 5.41) is 13.8. The monoisotopic (exact) mass is 374 g/mol. The molecule has 0 bridgehead atoms. The van der Waals surface area contributed by atoms with Gasteiger partial charge < -0.3 is 15.3 Å². The van der Waals surface area contributed by atoms with Gasteiger partial charge in [-0.25, -0.2) is 9.97 Å². The summed E-state index contributed by atoms with van der Waals surface area (Å²) in [5.74, 6) is 1.52. The van der Waals surface area contributed by atoms with Crippen molar-refractivity contribution in [2.75, 3.05) is 5.32 Å². The molecule has 0 fully saturated rings. The standard InChI is InChI=1S/C21H18N4O3/c1-14-20-18(11-19(26)25(27)21(20)24-13-23-14)22-12-15-7-9-17(10-8-15)28-16-5-3-2-4-6-16/h2-11,13,22,27H,12H2,1H3. The average Bonchev–Trinajstić information content (AvgIpc) is 2.71. The molecular formula is C21H18N4O3. The van der Waals surface area contributed by atoms with E-state index < -0.39 is 5.56 Å². The van der Waals surface area contributed by atoms with Gasteiger partial charge in [-0.15, -0.1) is 4.73 Å². The van der Waals surface area contributed by atoms with Gasteiger partial charge in [-0.2, -0.15) is 0 Å². The number of anilines is 1. The zero-order valence-electron chi connectivity index (χ0n) is 15.2. The second-order valence-corrected chi connectivity index (χ2v) is 6.28. The van der Waals surface area contributed by atoms with Crippen molar-refractivity contribution in [3.05, 3.63) is 88.6 Å². The Labute approximate surface area is 160 Å². The summed E-state index contributed by atoms with van der Waals surface area (Å²) in [6, 6.07) is 18.6. The fourth-order valence-electron chi connectivity index (χ4n) is 2.93. The fourth-order valence-corrected chi connectivity index (χ4v) is 2.93. The van der Waals surface area contributed by atoms with E-state index in [0.29, 0.717) is 28.0 Å². The van der Waals surface area contributed by atoms with Gasteiger partial charge in [0.15, 0.2) is 5.65 Å². The normalized spacial score (nSPS) is 10.8. The number of fused-ring (bicyclic) bond motifs is 1. The molecule has 0 unspecified atom stereocenters. The van der Waals surface area contributed by atoms with E-state index in [-0.39, 0.29) is 5.65 Å². The zero-order chi connectivity index (χ0) is 19.5. The predicted octanol–water partition coefficient (Wildman–Crippen LogP) is 3.74. The molecule has 0 spiro atoms. The summed E-state index contributed by atoms with van der Waals surface area (Å²) in [5.41, 5.74) is 1.87. The molecule has 2 aromatic carbocycles. The number of hydrogen-bond acceptors (Lipinski definition) is 6. The maximum absolute atomic E-state index is 12.0. The van der Waals surface area contributed by atoms with Crippen molar-refractivity contribution in [1.29, 1.82) is 0 Å². The first-order valence-electron chi connectivity index (χ1n) is 8.74. The number of pyridine rings is 1. The van der Waals surface area contributed by atoms with Crippen LogP contribution in [-0.2, 0) is 6.54 Å².